The summed E-state index contributed by atoms with van der Waals surface area (Å²) in [6.45, 7) is 6.46. The highest BCUT2D eigenvalue weighted by atomic mass is 15.3. The molecule has 1 aromatic rings. The summed E-state index contributed by atoms with van der Waals surface area (Å²) < 4.78 is 0. The highest BCUT2D eigenvalue weighted by molar-refractivity contribution is 5.65. The van der Waals surface area contributed by atoms with E-state index in [0.717, 1.165) is 18.9 Å². The minimum Gasteiger partial charge on any atom is -0.373 e. The molecule has 1 aliphatic heterocycles. The van der Waals surface area contributed by atoms with Crippen molar-refractivity contribution >= 4 is 11.5 Å². The van der Waals surface area contributed by atoms with Gasteiger partial charge in [0.05, 0.1) is 6.54 Å². The van der Waals surface area contributed by atoms with E-state index in [9.17, 15) is 0 Å². The maximum absolute atomic E-state index is 4.46. The van der Waals surface area contributed by atoms with Crippen LogP contribution in [0.2, 0.25) is 0 Å². The molecule has 19 heavy (non-hydrogen) atoms. The topological polar surface area (TPSA) is 52.2 Å². The summed E-state index contributed by atoms with van der Waals surface area (Å²) in [4.78, 5) is 6.88. The number of aromatic nitrogens is 1. The number of anilines is 2. The van der Waals surface area contributed by atoms with E-state index in [0.29, 0.717) is 5.92 Å². The molecule has 5 nitrogen and oxygen atoms in total. The number of nitrogens with zero attached hydrogens (tertiary/aromatic N) is 2. The Balaban J connectivity index is 2.45. The number of pyridine rings is 1. The average molecular weight is 263 g/mol. The Bertz CT molecular complexity index is 439. The van der Waals surface area contributed by atoms with Crippen molar-refractivity contribution in [2.24, 2.45) is 5.92 Å². The van der Waals surface area contributed by atoms with Crippen LogP contribution in [0.1, 0.15) is 19.4 Å². The first kappa shape index (κ1) is 14.1. The van der Waals surface area contributed by atoms with Crippen molar-refractivity contribution in [3.05, 3.63) is 17.8 Å². The second-order valence-electron chi connectivity index (χ2n) is 5.52. The third kappa shape index (κ3) is 2.40. The van der Waals surface area contributed by atoms with Gasteiger partial charge in [0.1, 0.15) is 11.5 Å². The summed E-state index contributed by atoms with van der Waals surface area (Å²) in [5, 5.41) is 9.94. The minimum atomic E-state index is -0.205. The Hall–Kier alpha value is -1.33. The largest absolute Gasteiger partial charge is 0.373 e. The molecule has 3 N–H and O–H groups in total. The predicted molar refractivity (Wildman–Crippen MR) is 80.6 cm³/mol. The van der Waals surface area contributed by atoms with Crippen molar-refractivity contribution in [3.8, 4) is 0 Å². The van der Waals surface area contributed by atoms with Crippen LogP contribution < -0.4 is 20.9 Å². The molecule has 0 amide bonds. The van der Waals surface area contributed by atoms with Gasteiger partial charge in [0, 0.05) is 37.1 Å². The van der Waals surface area contributed by atoms with Crippen LogP contribution in [0, 0.1) is 5.92 Å². The standard InChI is InChI=1S/C14H25N5/c1-10(2)8-19-9-14(16-4,17-5)11-7-18-13(15-3)6-12(11)19/h6-7,10,16-17H,8-9H2,1-5H3,(H,15,18). The number of hydrogen-bond donors (Lipinski definition) is 3. The fourth-order valence-corrected chi connectivity index (χ4v) is 2.78. The van der Waals surface area contributed by atoms with Crippen molar-refractivity contribution in [2.45, 2.75) is 19.5 Å². The van der Waals surface area contributed by atoms with Crippen molar-refractivity contribution in [2.75, 3.05) is 44.4 Å². The molecule has 0 aromatic carbocycles. The van der Waals surface area contributed by atoms with Crippen molar-refractivity contribution in [3.63, 3.8) is 0 Å². The van der Waals surface area contributed by atoms with E-state index >= 15 is 0 Å². The molecule has 0 spiro atoms. The maximum atomic E-state index is 4.46. The van der Waals surface area contributed by atoms with E-state index in [1.807, 2.05) is 27.3 Å². The van der Waals surface area contributed by atoms with Crippen molar-refractivity contribution in [1.29, 1.82) is 0 Å². The van der Waals surface area contributed by atoms with Crippen LogP contribution in [0.5, 0.6) is 0 Å². The van der Waals surface area contributed by atoms with Gasteiger partial charge in [-0.15, -0.1) is 0 Å². The van der Waals surface area contributed by atoms with E-state index in [-0.39, 0.29) is 5.66 Å². The van der Waals surface area contributed by atoms with Crippen LogP contribution in [-0.4, -0.2) is 39.2 Å². The quantitative estimate of drug-likeness (QED) is 0.697. The maximum Gasteiger partial charge on any atom is 0.127 e. The van der Waals surface area contributed by atoms with Gasteiger partial charge in [0.15, 0.2) is 0 Å². The number of fused-ring (bicyclic) bond motifs is 1. The molecular formula is C14H25N5. The van der Waals surface area contributed by atoms with Crippen LogP contribution in [0.3, 0.4) is 0 Å². The first-order valence-corrected chi connectivity index (χ1v) is 6.87. The highest BCUT2D eigenvalue weighted by Gasteiger charge is 2.41. The zero-order valence-electron chi connectivity index (χ0n) is 12.5. The molecule has 0 radical (unpaired) electrons. The molecule has 1 aromatic heterocycles. The van der Waals surface area contributed by atoms with E-state index in [4.69, 9.17) is 0 Å². The summed E-state index contributed by atoms with van der Waals surface area (Å²) in [6.07, 6.45) is 1.97. The summed E-state index contributed by atoms with van der Waals surface area (Å²) in [5.41, 5.74) is 2.28. The van der Waals surface area contributed by atoms with Gasteiger partial charge < -0.3 is 10.2 Å². The van der Waals surface area contributed by atoms with Crippen LogP contribution in [-0.2, 0) is 5.66 Å². The molecule has 0 saturated heterocycles. The van der Waals surface area contributed by atoms with E-state index in [2.05, 4.69) is 45.7 Å². The molecule has 0 unspecified atom stereocenters. The Labute approximate surface area is 115 Å². The number of rotatable bonds is 5. The molecule has 0 saturated carbocycles. The van der Waals surface area contributed by atoms with Crippen LogP contribution in [0.4, 0.5) is 11.5 Å². The van der Waals surface area contributed by atoms with E-state index in [1.54, 1.807) is 0 Å². The molecule has 2 rings (SSSR count). The number of hydrogen-bond acceptors (Lipinski definition) is 5. The molecule has 0 bridgehead atoms. The summed E-state index contributed by atoms with van der Waals surface area (Å²) >= 11 is 0. The summed E-state index contributed by atoms with van der Waals surface area (Å²) in [5.74, 6) is 1.54. The van der Waals surface area contributed by atoms with Gasteiger partial charge in [-0.25, -0.2) is 4.98 Å². The normalized spacial score (nSPS) is 16.8. The third-order valence-electron chi connectivity index (χ3n) is 3.81. The zero-order valence-corrected chi connectivity index (χ0v) is 12.5. The lowest BCUT2D eigenvalue weighted by molar-refractivity contribution is 0.322. The molecule has 2 heterocycles. The van der Waals surface area contributed by atoms with Gasteiger partial charge in [-0.05, 0) is 20.0 Å². The summed E-state index contributed by atoms with van der Waals surface area (Å²) in [7, 11) is 5.89. The highest BCUT2D eigenvalue weighted by Crippen LogP contribution is 2.38. The van der Waals surface area contributed by atoms with Gasteiger partial charge in [-0.1, -0.05) is 13.8 Å². The molecule has 1 aliphatic rings. The minimum absolute atomic E-state index is 0.205. The molecule has 0 atom stereocenters. The first-order chi connectivity index (χ1) is 9.06. The lowest BCUT2D eigenvalue weighted by atomic mass is 10.0. The number of nitrogens with one attached hydrogen (secondary N) is 3. The Morgan fingerprint density at radius 1 is 1.32 bits per heavy atom. The Morgan fingerprint density at radius 2 is 2.00 bits per heavy atom. The molecule has 0 fully saturated rings. The van der Waals surface area contributed by atoms with Gasteiger partial charge in [-0.2, -0.15) is 0 Å². The average Bonchev–Trinajstić information content (AvgIpc) is 2.72. The van der Waals surface area contributed by atoms with Crippen molar-refractivity contribution in [1.82, 2.24) is 15.6 Å². The lowest BCUT2D eigenvalue weighted by Gasteiger charge is -2.30. The van der Waals surface area contributed by atoms with E-state index in [1.165, 1.54) is 11.3 Å². The first-order valence-electron chi connectivity index (χ1n) is 6.87. The Morgan fingerprint density at radius 3 is 2.53 bits per heavy atom. The third-order valence-corrected chi connectivity index (χ3v) is 3.81. The van der Waals surface area contributed by atoms with E-state index < -0.39 is 0 Å². The molecule has 5 heteroatoms. The summed E-state index contributed by atoms with van der Waals surface area (Å²) in [6, 6.07) is 2.13. The fourth-order valence-electron chi connectivity index (χ4n) is 2.78. The SMILES string of the molecule is CNc1cc2c(cn1)C(NC)(NC)CN2CC(C)C. The van der Waals surface area contributed by atoms with Gasteiger partial charge in [-0.3, -0.25) is 10.6 Å². The van der Waals surface area contributed by atoms with Crippen molar-refractivity contribution < 1.29 is 0 Å². The predicted octanol–water partition coefficient (Wildman–Crippen LogP) is 1.19. The Kier molecular flexibility index (Phi) is 3.96. The van der Waals surface area contributed by atoms with Gasteiger partial charge in [0.25, 0.3) is 0 Å². The number of likely N-dealkylation sites (N-methyl/N-ethyl adjacent to an activating group) is 2. The molecule has 0 aliphatic carbocycles. The lowest BCUT2D eigenvalue weighted by Crippen LogP contribution is -2.54. The molecule has 106 valence electrons. The smallest absolute Gasteiger partial charge is 0.127 e. The van der Waals surface area contributed by atoms with Gasteiger partial charge in [0.2, 0.25) is 0 Å². The zero-order chi connectivity index (χ0) is 14.0. The van der Waals surface area contributed by atoms with Crippen LogP contribution >= 0.6 is 0 Å². The monoisotopic (exact) mass is 263 g/mol. The fraction of sp³-hybridized carbons (Fsp3) is 0.643. The van der Waals surface area contributed by atoms with Crippen LogP contribution in [0.25, 0.3) is 0 Å². The second-order valence-corrected chi connectivity index (χ2v) is 5.52. The van der Waals surface area contributed by atoms with Crippen LogP contribution in [0.15, 0.2) is 12.3 Å². The molecular weight excluding hydrogens is 238 g/mol. The second kappa shape index (κ2) is 5.35. The van der Waals surface area contributed by atoms with Gasteiger partial charge >= 0.3 is 0 Å².